The molecule has 0 unspecified atom stereocenters. The normalized spacial score (nSPS) is 7.64. The second kappa shape index (κ2) is 22.5. The molecule has 0 rings (SSSR count). The van der Waals surface area contributed by atoms with Gasteiger partial charge in [0, 0.05) is 0 Å². The van der Waals surface area contributed by atoms with Crippen molar-refractivity contribution in [3.63, 3.8) is 0 Å². The maximum absolute atomic E-state index is 9.53. The molecule has 0 bridgehead atoms. The molecule has 64 valence electrons. The quantitative estimate of drug-likeness (QED) is 0.533. The number of hydrogen-bond acceptors (Lipinski definition) is 2. The van der Waals surface area contributed by atoms with E-state index < -0.39 is 0 Å². The molecule has 0 heterocycles. The molecule has 0 N–H and O–H groups in total. The van der Waals surface area contributed by atoms with Crippen molar-refractivity contribution in [3.8, 4) is 0 Å². The second-order valence-electron chi connectivity index (χ2n) is 2.12. The fourth-order valence-electron chi connectivity index (χ4n) is 0.289. The third-order valence-electron chi connectivity index (χ3n) is 0.996. The van der Waals surface area contributed by atoms with Crippen LogP contribution in [0.25, 0.3) is 0 Å². The summed E-state index contributed by atoms with van der Waals surface area (Å²) >= 11 is 0. The Morgan fingerprint density at radius 3 is 1.09 bits per heavy atom. The fraction of sp³-hybridized carbons (Fsp3) is 1.00. The van der Waals surface area contributed by atoms with Crippen LogP contribution in [0.4, 0.5) is 0 Å². The first kappa shape index (κ1) is 17.3. The van der Waals surface area contributed by atoms with E-state index >= 15 is 0 Å². The molecule has 2 nitrogen and oxygen atoms in total. The summed E-state index contributed by atoms with van der Waals surface area (Å²) in [5.74, 6) is 0. The van der Waals surface area contributed by atoms with E-state index in [4.69, 9.17) is 0 Å². The molecule has 0 fully saturated rings. The van der Waals surface area contributed by atoms with Gasteiger partial charge in [0.25, 0.3) is 0 Å². The summed E-state index contributed by atoms with van der Waals surface area (Å²) in [4.78, 5) is 0. The van der Waals surface area contributed by atoms with Gasteiger partial charge in [-0.25, -0.2) is 0 Å². The van der Waals surface area contributed by atoms with Gasteiger partial charge in [0.2, 0.25) is 0 Å². The van der Waals surface area contributed by atoms with Crippen LogP contribution in [-0.4, -0.2) is 23.3 Å². The molecule has 0 amide bonds. The molecular weight excluding hydrogens is 137 g/mol. The average Bonchev–Trinajstić information content (AvgIpc) is 1.93. The standard InChI is InChI=1S/2C4H9O.Be/c2*1-2-3-4-5;/h2*2-4H2,1H3;/q2*-1;+2. The number of unbranched alkanes of at least 4 members (excludes halogenated alkanes) is 2. The minimum atomic E-state index is 0. The molecule has 0 aliphatic heterocycles. The van der Waals surface area contributed by atoms with Gasteiger partial charge >= 0.3 is 10.1 Å². The van der Waals surface area contributed by atoms with Gasteiger partial charge in [0.05, 0.1) is 0 Å². The van der Waals surface area contributed by atoms with Gasteiger partial charge in [0.1, 0.15) is 0 Å². The van der Waals surface area contributed by atoms with E-state index in [9.17, 15) is 10.2 Å². The van der Waals surface area contributed by atoms with Crippen molar-refractivity contribution in [1.82, 2.24) is 0 Å². The molecule has 0 atom stereocenters. The molecule has 0 aromatic carbocycles. The Balaban J connectivity index is -0.000000107. The zero-order chi connectivity index (χ0) is 8.24. The molecule has 0 spiro atoms. The van der Waals surface area contributed by atoms with Gasteiger partial charge in [0.15, 0.2) is 0 Å². The van der Waals surface area contributed by atoms with Crippen LogP contribution in [0.5, 0.6) is 0 Å². The van der Waals surface area contributed by atoms with Crippen LogP contribution in [0.2, 0.25) is 0 Å². The van der Waals surface area contributed by atoms with Crippen molar-refractivity contribution in [2.24, 2.45) is 0 Å². The van der Waals surface area contributed by atoms with Crippen LogP contribution in [-0.2, 0) is 0 Å². The first-order chi connectivity index (χ1) is 4.83. The molecule has 3 heteroatoms. The first-order valence-corrected chi connectivity index (χ1v) is 3.99. The van der Waals surface area contributed by atoms with E-state index in [-0.39, 0.29) is 23.3 Å². The van der Waals surface area contributed by atoms with Crippen molar-refractivity contribution in [3.05, 3.63) is 0 Å². The molecule has 0 saturated carbocycles. The van der Waals surface area contributed by atoms with E-state index in [1.165, 1.54) is 0 Å². The average molecular weight is 155 g/mol. The third kappa shape index (κ3) is 39.5. The van der Waals surface area contributed by atoms with E-state index in [1.54, 1.807) is 0 Å². The van der Waals surface area contributed by atoms with Gasteiger partial charge in [-0.1, -0.05) is 39.5 Å². The molecule has 0 aliphatic carbocycles. The van der Waals surface area contributed by atoms with Crippen LogP contribution >= 0.6 is 0 Å². The molecule has 0 radical (unpaired) electrons. The summed E-state index contributed by atoms with van der Waals surface area (Å²) in [6.07, 6.45) is 3.73. The van der Waals surface area contributed by atoms with Crippen molar-refractivity contribution in [2.45, 2.75) is 39.5 Å². The summed E-state index contributed by atoms with van der Waals surface area (Å²) in [6, 6.07) is 0. The smallest absolute Gasteiger partial charge is 0.854 e. The molecular formula is C8H18BeO2. The SMILES string of the molecule is CCCC[O-].CCCC[O-].[Be+2]. The topological polar surface area (TPSA) is 46.1 Å². The largest absolute Gasteiger partial charge is 2.00 e. The summed E-state index contributed by atoms with van der Waals surface area (Å²) in [6.45, 7) is 4.21. The van der Waals surface area contributed by atoms with Crippen LogP contribution in [0, 0.1) is 0 Å². The maximum atomic E-state index is 9.53. The van der Waals surface area contributed by atoms with Crippen LogP contribution < -0.4 is 10.2 Å². The van der Waals surface area contributed by atoms with Gasteiger partial charge in [-0.2, -0.15) is 0 Å². The van der Waals surface area contributed by atoms with E-state index in [1.807, 2.05) is 13.8 Å². The molecule has 0 saturated heterocycles. The Bertz CT molecular complexity index is 33.1. The molecule has 0 aromatic rings. The maximum Gasteiger partial charge on any atom is 2.00 e. The first-order valence-electron chi connectivity index (χ1n) is 3.99. The van der Waals surface area contributed by atoms with Crippen molar-refractivity contribution < 1.29 is 10.2 Å². The van der Waals surface area contributed by atoms with E-state index in [2.05, 4.69) is 0 Å². The van der Waals surface area contributed by atoms with Crippen LogP contribution in [0.3, 0.4) is 0 Å². The van der Waals surface area contributed by atoms with E-state index in [0.717, 1.165) is 25.7 Å². The summed E-state index contributed by atoms with van der Waals surface area (Å²) in [5.41, 5.74) is 0. The Hall–Kier alpha value is 0.0888. The monoisotopic (exact) mass is 155 g/mol. The minimum Gasteiger partial charge on any atom is -0.854 e. The van der Waals surface area contributed by atoms with E-state index in [0.29, 0.717) is 0 Å². The Labute approximate surface area is 73.9 Å². The van der Waals surface area contributed by atoms with Crippen LogP contribution in [0.1, 0.15) is 39.5 Å². The third-order valence-corrected chi connectivity index (χ3v) is 0.996. The fourth-order valence-corrected chi connectivity index (χ4v) is 0.289. The Kier molecular flexibility index (Phi) is 35.3. The molecule has 0 aromatic heterocycles. The second-order valence-corrected chi connectivity index (χ2v) is 2.12. The van der Waals surface area contributed by atoms with Gasteiger partial charge < -0.3 is 10.2 Å². The van der Waals surface area contributed by atoms with Gasteiger partial charge in [-0.05, 0) is 0 Å². The Morgan fingerprint density at radius 1 is 0.818 bits per heavy atom. The summed E-state index contributed by atoms with van der Waals surface area (Å²) < 4.78 is 0. The molecule has 0 aliphatic rings. The van der Waals surface area contributed by atoms with Crippen molar-refractivity contribution >= 4 is 10.1 Å². The van der Waals surface area contributed by atoms with Crippen LogP contribution in [0.15, 0.2) is 0 Å². The number of rotatable bonds is 4. The van der Waals surface area contributed by atoms with Gasteiger partial charge in [-0.3, -0.25) is 0 Å². The zero-order valence-electron chi connectivity index (χ0n) is 7.77. The van der Waals surface area contributed by atoms with Gasteiger partial charge in [-0.15, -0.1) is 13.2 Å². The summed E-state index contributed by atoms with van der Waals surface area (Å²) in [7, 11) is 0. The van der Waals surface area contributed by atoms with Crippen molar-refractivity contribution in [1.29, 1.82) is 0 Å². The predicted molar refractivity (Wildman–Crippen MR) is 45.3 cm³/mol. The predicted octanol–water partition coefficient (Wildman–Crippen LogP) is -0.0872. The molecule has 11 heavy (non-hydrogen) atoms. The van der Waals surface area contributed by atoms with Crippen molar-refractivity contribution in [2.75, 3.05) is 13.2 Å². The Morgan fingerprint density at radius 2 is 1.09 bits per heavy atom. The summed E-state index contributed by atoms with van der Waals surface area (Å²) in [5, 5.41) is 19.1. The zero-order valence-corrected chi connectivity index (χ0v) is 7.77. The minimum absolute atomic E-state index is 0. The number of hydrogen-bond donors (Lipinski definition) is 0.